The first-order chi connectivity index (χ1) is 18.8. The smallest absolute Gasteiger partial charge is 0.337 e. The number of fused-ring (bicyclic) bond motifs is 3. The average molecular weight is 568 g/mol. The predicted octanol–water partition coefficient (Wildman–Crippen LogP) is 6.68. The van der Waals surface area contributed by atoms with Gasteiger partial charge in [-0.15, -0.1) is 0 Å². The van der Waals surface area contributed by atoms with E-state index in [0.29, 0.717) is 45.3 Å². The number of hydrogen-bond acceptors (Lipinski definition) is 7. The third-order valence-electron chi connectivity index (χ3n) is 8.31. The molecule has 10 heteroatoms. The Hall–Kier alpha value is -3.12. The Morgan fingerprint density at radius 1 is 1.13 bits per heavy atom. The fourth-order valence-electron chi connectivity index (χ4n) is 5.76. The highest BCUT2D eigenvalue weighted by Crippen LogP contribution is 2.54. The van der Waals surface area contributed by atoms with Gasteiger partial charge in [-0.3, -0.25) is 4.98 Å². The van der Waals surface area contributed by atoms with Crippen molar-refractivity contribution in [3.63, 3.8) is 0 Å². The van der Waals surface area contributed by atoms with Crippen LogP contribution in [0.15, 0.2) is 29.2 Å². The molecule has 39 heavy (non-hydrogen) atoms. The summed E-state index contributed by atoms with van der Waals surface area (Å²) in [4.78, 5) is 19.6. The number of aromatic nitrogens is 3. The molecule has 2 bridgehead atoms. The lowest BCUT2D eigenvalue weighted by atomic mass is 9.59. The Bertz CT molecular complexity index is 1460. The Morgan fingerprint density at radius 3 is 2.44 bits per heavy atom. The zero-order chi connectivity index (χ0) is 27.2. The van der Waals surface area contributed by atoms with E-state index >= 15 is 0 Å². The van der Waals surface area contributed by atoms with Crippen molar-refractivity contribution in [2.45, 2.75) is 69.5 Å². The minimum Gasteiger partial charge on any atom is -0.480 e. The molecule has 202 valence electrons. The molecular weight excluding hydrogens is 541 g/mol. The van der Waals surface area contributed by atoms with Gasteiger partial charge in [0, 0.05) is 41.1 Å². The molecule has 8 nitrogen and oxygen atoms in total. The highest BCUT2D eigenvalue weighted by atomic mass is 35.5. The van der Waals surface area contributed by atoms with Crippen LogP contribution in [0.1, 0.15) is 84.5 Å². The number of hydrogen-bond donors (Lipinski definition) is 1. The van der Waals surface area contributed by atoms with Crippen molar-refractivity contribution in [1.29, 1.82) is 0 Å². The number of carboxylic acids is 1. The highest BCUT2D eigenvalue weighted by Gasteiger charge is 2.49. The minimum atomic E-state index is -1.04. The van der Waals surface area contributed by atoms with Gasteiger partial charge in [-0.05, 0) is 57.4 Å². The van der Waals surface area contributed by atoms with E-state index in [-0.39, 0.29) is 16.6 Å². The molecule has 7 rings (SSSR count). The summed E-state index contributed by atoms with van der Waals surface area (Å²) in [6.45, 7) is 0.378. The largest absolute Gasteiger partial charge is 0.480 e. The first kappa shape index (κ1) is 26.1. The van der Waals surface area contributed by atoms with Gasteiger partial charge < -0.3 is 19.1 Å². The van der Waals surface area contributed by atoms with E-state index in [2.05, 4.69) is 27.0 Å². The second-order valence-electron chi connectivity index (χ2n) is 10.7. The van der Waals surface area contributed by atoms with Gasteiger partial charge in [0.1, 0.15) is 11.5 Å². The summed E-state index contributed by atoms with van der Waals surface area (Å²) in [7, 11) is 1.51. The van der Waals surface area contributed by atoms with E-state index in [1.165, 1.54) is 19.4 Å². The standard InChI is InChI=1S/C29H27Cl2N3O5/c1-37-26-18(12-19(13-33-26)27(35)36)4-5-28-6-9-29(10-7-28,11-8-28)38-16-20-24(34-39-25(20)17-2-3-17)23-21(30)14-32-15-22(23)31/h12-15,17H,2-3,6-11,16H2,1H3,(H,35,36). The maximum atomic E-state index is 11.4. The lowest BCUT2D eigenvalue weighted by molar-refractivity contribution is -0.131. The summed E-state index contributed by atoms with van der Waals surface area (Å²) >= 11 is 12.9. The monoisotopic (exact) mass is 567 g/mol. The van der Waals surface area contributed by atoms with Crippen molar-refractivity contribution >= 4 is 29.2 Å². The van der Waals surface area contributed by atoms with Gasteiger partial charge >= 0.3 is 5.97 Å². The van der Waals surface area contributed by atoms with Crippen LogP contribution in [-0.2, 0) is 11.3 Å². The number of methoxy groups -OCH3 is 1. The van der Waals surface area contributed by atoms with Crippen LogP contribution in [0, 0.1) is 17.3 Å². The van der Waals surface area contributed by atoms with Crippen molar-refractivity contribution in [3.05, 3.63) is 57.2 Å². The number of halogens is 2. The van der Waals surface area contributed by atoms with Crippen molar-refractivity contribution in [2.24, 2.45) is 5.41 Å². The maximum absolute atomic E-state index is 11.4. The molecule has 4 saturated carbocycles. The van der Waals surface area contributed by atoms with E-state index in [1.807, 2.05) is 0 Å². The molecule has 0 unspecified atom stereocenters. The fourth-order valence-corrected chi connectivity index (χ4v) is 6.31. The van der Waals surface area contributed by atoms with Gasteiger partial charge in [0.15, 0.2) is 0 Å². The summed E-state index contributed by atoms with van der Waals surface area (Å²) in [5, 5.41) is 14.6. The number of aromatic carboxylic acids is 1. The molecule has 4 aliphatic carbocycles. The SMILES string of the molecule is COc1ncc(C(=O)O)cc1C#CC12CCC(OCc3c(-c4c(Cl)cncc4Cl)noc3C3CC3)(CC1)CC2. The molecule has 0 amide bonds. The van der Waals surface area contributed by atoms with Crippen LogP contribution in [0.4, 0.5) is 0 Å². The first-order valence-electron chi connectivity index (χ1n) is 13.0. The molecular formula is C29H27Cl2N3O5. The van der Waals surface area contributed by atoms with Crippen molar-refractivity contribution in [3.8, 4) is 29.0 Å². The van der Waals surface area contributed by atoms with Gasteiger partial charge in [-0.2, -0.15) is 0 Å². The molecule has 3 heterocycles. The van der Waals surface area contributed by atoms with Crippen molar-refractivity contribution in [2.75, 3.05) is 7.11 Å². The minimum absolute atomic E-state index is 0.0883. The summed E-state index contributed by atoms with van der Waals surface area (Å²) in [5.74, 6) is 7.15. The Balaban J connectivity index is 1.20. The number of ether oxygens (including phenoxy) is 2. The maximum Gasteiger partial charge on any atom is 0.337 e. The molecule has 3 aromatic rings. The lowest BCUT2D eigenvalue weighted by Gasteiger charge is -2.51. The summed E-state index contributed by atoms with van der Waals surface area (Å²) in [6.07, 6.45) is 11.9. The van der Waals surface area contributed by atoms with Crippen LogP contribution in [-0.4, -0.2) is 38.9 Å². The molecule has 4 fully saturated rings. The molecule has 0 saturated heterocycles. The zero-order valence-electron chi connectivity index (χ0n) is 21.4. The number of carboxylic acid groups (broad SMARTS) is 1. The lowest BCUT2D eigenvalue weighted by Crippen LogP contribution is -2.47. The average Bonchev–Trinajstić information content (AvgIpc) is 3.71. The number of pyridine rings is 2. The Kier molecular flexibility index (Phi) is 6.78. The van der Waals surface area contributed by atoms with E-state index in [1.54, 1.807) is 12.4 Å². The number of carbonyl (C=O) groups is 1. The second-order valence-corrected chi connectivity index (χ2v) is 11.5. The van der Waals surface area contributed by atoms with Crippen LogP contribution in [0.2, 0.25) is 10.0 Å². The van der Waals surface area contributed by atoms with Crippen LogP contribution in [0.3, 0.4) is 0 Å². The molecule has 0 radical (unpaired) electrons. The van der Waals surface area contributed by atoms with Crippen LogP contribution >= 0.6 is 23.2 Å². The molecule has 0 spiro atoms. The van der Waals surface area contributed by atoms with Crippen molar-refractivity contribution < 1.29 is 23.9 Å². The van der Waals surface area contributed by atoms with Gasteiger partial charge in [-0.25, -0.2) is 9.78 Å². The quantitative estimate of drug-likeness (QED) is 0.315. The van der Waals surface area contributed by atoms with Crippen LogP contribution < -0.4 is 4.74 Å². The topological polar surface area (TPSA) is 108 Å². The Morgan fingerprint density at radius 2 is 1.82 bits per heavy atom. The van der Waals surface area contributed by atoms with Gasteiger partial charge in [0.2, 0.25) is 5.88 Å². The molecule has 1 N–H and O–H groups in total. The van der Waals surface area contributed by atoms with E-state index in [4.69, 9.17) is 37.2 Å². The molecule has 0 aromatic carbocycles. The first-order valence-corrected chi connectivity index (χ1v) is 13.8. The van der Waals surface area contributed by atoms with Gasteiger partial charge in [0.25, 0.3) is 0 Å². The molecule has 3 aromatic heterocycles. The van der Waals surface area contributed by atoms with Gasteiger partial charge in [0.05, 0.1) is 40.5 Å². The predicted molar refractivity (Wildman–Crippen MR) is 144 cm³/mol. The Labute approximate surface area is 236 Å². The third kappa shape index (κ3) is 5.00. The highest BCUT2D eigenvalue weighted by molar-refractivity contribution is 6.38. The molecule has 0 atom stereocenters. The van der Waals surface area contributed by atoms with Crippen LogP contribution in [0.25, 0.3) is 11.3 Å². The summed E-state index contributed by atoms with van der Waals surface area (Å²) in [5.41, 5.74) is 2.39. The summed E-state index contributed by atoms with van der Waals surface area (Å²) in [6, 6.07) is 1.52. The molecule has 0 aliphatic heterocycles. The summed E-state index contributed by atoms with van der Waals surface area (Å²) < 4.78 is 17.8. The third-order valence-corrected chi connectivity index (χ3v) is 8.88. The normalized spacial score (nSPS) is 23.8. The molecule has 4 aliphatic rings. The number of rotatable bonds is 7. The second kappa shape index (κ2) is 10.1. The number of nitrogens with zero attached hydrogens (tertiary/aromatic N) is 3. The van der Waals surface area contributed by atoms with E-state index in [9.17, 15) is 9.90 Å². The van der Waals surface area contributed by atoms with Gasteiger partial charge in [-0.1, -0.05) is 40.2 Å². The zero-order valence-corrected chi connectivity index (χ0v) is 22.9. The fraction of sp³-hybridized carbons (Fsp3) is 0.448. The van der Waals surface area contributed by atoms with Crippen LogP contribution in [0.5, 0.6) is 5.88 Å². The van der Waals surface area contributed by atoms with E-state index in [0.717, 1.165) is 62.7 Å². The van der Waals surface area contributed by atoms with E-state index < -0.39 is 5.97 Å². The van der Waals surface area contributed by atoms with Crippen molar-refractivity contribution in [1.82, 2.24) is 15.1 Å².